The molecule has 7 nitrogen and oxygen atoms in total. The number of carbonyl (C=O) groups excluding carboxylic acids is 1. The van der Waals surface area contributed by atoms with Gasteiger partial charge in [0.1, 0.15) is 11.6 Å². The number of H-pyrrole nitrogens is 1. The summed E-state index contributed by atoms with van der Waals surface area (Å²) in [6, 6.07) is 1.58. The standard InChI is InChI=1S/C17H24N4O3/c1-9(2)15-7-13(20-24-15)17(22)21-8-12(23-5)6-14(21)16-18-10(3)11(4)19-16/h7,9,12,14H,6,8H2,1-5H3,(H,18,19)/t12-,14+/m1/s1. The van der Waals surface area contributed by atoms with E-state index in [2.05, 4.69) is 15.1 Å². The number of aromatic nitrogens is 3. The third-order valence-electron chi connectivity index (χ3n) is 4.64. The molecule has 130 valence electrons. The van der Waals surface area contributed by atoms with Gasteiger partial charge in [-0.25, -0.2) is 4.98 Å². The van der Waals surface area contributed by atoms with E-state index in [4.69, 9.17) is 9.26 Å². The van der Waals surface area contributed by atoms with Crippen molar-refractivity contribution in [1.29, 1.82) is 0 Å². The van der Waals surface area contributed by atoms with Crippen molar-refractivity contribution in [2.75, 3.05) is 13.7 Å². The molecule has 0 spiro atoms. The third-order valence-corrected chi connectivity index (χ3v) is 4.64. The van der Waals surface area contributed by atoms with Crippen molar-refractivity contribution in [3.05, 3.63) is 34.7 Å². The van der Waals surface area contributed by atoms with Gasteiger partial charge in [-0.3, -0.25) is 4.79 Å². The molecule has 1 aliphatic rings. The second kappa shape index (κ2) is 6.39. The van der Waals surface area contributed by atoms with Crippen LogP contribution in [0.25, 0.3) is 0 Å². The van der Waals surface area contributed by atoms with Gasteiger partial charge in [0, 0.05) is 37.8 Å². The molecule has 0 aliphatic carbocycles. The zero-order valence-corrected chi connectivity index (χ0v) is 14.8. The van der Waals surface area contributed by atoms with E-state index in [1.54, 1.807) is 18.1 Å². The number of imidazole rings is 1. The van der Waals surface area contributed by atoms with Crippen molar-refractivity contribution in [3.8, 4) is 0 Å². The molecule has 2 aromatic rings. The van der Waals surface area contributed by atoms with Crippen LogP contribution in [-0.2, 0) is 4.74 Å². The smallest absolute Gasteiger partial charge is 0.276 e. The number of nitrogens with zero attached hydrogens (tertiary/aromatic N) is 3. The molecular weight excluding hydrogens is 308 g/mol. The van der Waals surface area contributed by atoms with Gasteiger partial charge in [0.05, 0.1) is 17.8 Å². The van der Waals surface area contributed by atoms with Crippen LogP contribution in [0, 0.1) is 13.8 Å². The number of methoxy groups -OCH3 is 1. The summed E-state index contributed by atoms with van der Waals surface area (Å²) in [4.78, 5) is 22.6. The van der Waals surface area contributed by atoms with E-state index in [9.17, 15) is 4.79 Å². The molecule has 2 aromatic heterocycles. The zero-order valence-electron chi connectivity index (χ0n) is 14.8. The SMILES string of the molecule is CO[C@@H]1C[C@@H](c2nc(C)c(C)[nH]2)N(C(=O)c2cc(C(C)C)on2)C1. The minimum atomic E-state index is -0.151. The second-order valence-electron chi connectivity index (χ2n) is 6.67. The monoisotopic (exact) mass is 332 g/mol. The number of aryl methyl sites for hydroxylation is 2. The fourth-order valence-corrected chi connectivity index (χ4v) is 2.99. The lowest BCUT2D eigenvalue weighted by Crippen LogP contribution is -2.32. The fourth-order valence-electron chi connectivity index (χ4n) is 2.99. The van der Waals surface area contributed by atoms with Crippen LogP contribution >= 0.6 is 0 Å². The van der Waals surface area contributed by atoms with Gasteiger partial charge in [0.15, 0.2) is 5.69 Å². The van der Waals surface area contributed by atoms with Crippen LogP contribution in [0.1, 0.15) is 65.7 Å². The van der Waals surface area contributed by atoms with Crippen molar-refractivity contribution in [3.63, 3.8) is 0 Å². The van der Waals surface area contributed by atoms with Crippen LogP contribution in [0.2, 0.25) is 0 Å². The summed E-state index contributed by atoms with van der Waals surface area (Å²) >= 11 is 0. The molecule has 1 aliphatic heterocycles. The van der Waals surface area contributed by atoms with E-state index in [1.165, 1.54) is 0 Å². The first kappa shape index (κ1) is 16.7. The number of rotatable bonds is 4. The van der Waals surface area contributed by atoms with Gasteiger partial charge in [-0.05, 0) is 13.8 Å². The molecule has 7 heteroatoms. The molecule has 1 N–H and O–H groups in total. The van der Waals surface area contributed by atoms with Crippen LogP contribution in [0.3, 0.4) is 0 Å². The second-order valence-corrected chi connectivity index (χ2v) is 6.67. The van der Waals surface area contributed by atoms with E-state index >= 15 is 0 Å². The van der Waals surface area contributed by atoms with Gasteiger partial charge < -0.3 is 19.1 Å². The molecule has 1 fully saturated rings. The molecule has 1 saturated heterocycles. The van der Waals surface area contributed by atoms with Crippen molar-refractivity contribution < 1.29 is 14.1 Å². The molecular formula is C17H24N4O3. The van der Waals surface area contributed by atoms with Crippen molar-refractivity contribution in [2.24, 2.45) is 0 Å². The van der Waals surface area contributed by atoms with Gasteiger partial charge >= 0.3 is 0 Å². The first-order valence-corrected chi connectivity index (χ1v) is 8.24. The number of nitrogens with one attached hydrogen (secondary N) is 1. The van der Waals surface area contributed by atoms with Crippen LogP contribution < -0.4 is 0 Å². The highest BCUT2D eigenvalue weighted by Crippen LogP contribution is 2.33. The Morgan fingerprint density at radius 1 is 1.46 bits per heavy atom. The van der Waals surface area contributed by atoms with E-state index < -0.39 is 0 Å². The number of ether oxygens (including phenoxy) is 1. The number of carbonyl (C=O) groups is 1. The van der Waals surface area contributed by atoms with E-state index in [1.807, 2.05) is 27.7 Å². The summed E-state index contributed by atoms with van der Waals surface area (Å²) in [5, 5.41) is 3.95. The first-order valence-electron chi connectivity index (χ1n) is 8.24. The maximum Gasteiger partial charge on any atom is 0.276 e. The average molecular weight is 332 g/mol. The van der Waals surface area contributed by atoms with Crippen molar-refractivity contribution >= 4 is 5.91 Å². The van der Waals surface area contributed by atoms with Crippen LogP contribution in [0.15, 0.2) is 10.6 Å². The molecule has 0 radical (unpaired) electrons. The van der Waals surface area contributed by atoms with Crippen LogP contribution in [0.5, 0.6) is 0 Å². The Balaban J connectivity index is 1.88. The molecule has 0 unspecified atom stereocenters. The van der Waals surface area contributed by atoms with Crippen LogP contribution in [0.4, 0.5) is 0 Å². The highest BCUT2D eigenvalue weighted by Gasteiger charge is 2.39. The molecule has 1 amide bonds. The molecule has 0 saturated carbocycles. The maximum atomic E-state index is 12.9. The van der Waals surface area contributed by atoms with Gasteiger partial charge in [-0.2, -0.15) is 0 Å². The van der Waals surface area contributed by atoms with E-state index in [0.29, 0.717) is 24.4 Å². The summed E-state index contributed by atoms with van der Waals surface area (Å²) in [5.74, 6) is 1.55. The Labute approximate surface area is 141 Å². The van der Waals surface area contributed by atoms with Crippen molar-refractivity contribution in [2.45, 2.75) is 52.2 Å². The lowest BCUT2D eigenvalue weighted by atomic mass is 10.1. The summed E-state index contributed by atoms with van der Waals surface area (Å²) < 4.78 is 10.8. The summed E-state index contributed by atoms with van der Waals surface area (Å²) in [5.41, 5.74) is 2.30. The topological polar surface area (TPSA) is 84.2 Å². The Kier molecular flexibility index (Phi) is 4.45. The Bertz CT molecular complexity index is 715. The first-order chi connectivity index (χ1) is 11.4. The molecule has 0 aromatic carbocycles. The predicted octanol–water partition coefficient (Wildman–Crippen LogP) is 2.74. The Morgan fingerprint density at radius 2 is 2.21 bits per heavy atom. The van der Waals surface area contributed by atoms with Gasteiger partial charge in [0.2, 0.25) is 0 Å². The molecule has 2 atom stereocenters. The molecule has 3 rings (SSSR count). The zero-order chi connectivity index (χ0) is 17.4. The molecule has 3 heterocycles. The Hall–Kier alpha value is -2.15. The van der Waals surface area contributed by atoms with Gasteiger partial charge in [-0.1, -0.05) is 19.0 Å². The fraction of sp³-hybridized carbons (Fsp3) is 0.588. The third kappa shape index (κ3) is 2.96. The number of hydrogen-bond acceptors (Lipinski definition) is 5. The number of aromatic amines is 1. The minimum Gasteiger partial charge on any atom is -0.380 e. The normalized spacial score (nSPS) is 21.0. The predicted molar refractivity (Wildman–Crippen MR) is 87.8 cm³/mol. The highest BCUT2D eigenvalue weighted by molar-refractivity contribution is 5.92. The summed E-state index contributed by atoms with van der Waals surface area (Å²) in [6.07, 6.45) is 0.699. The summed E-state index contributed by atoms with van der Waals surface area (Å²) in [6.45, 7) is 8.46. The van der Waals surface area contributed by atoms with E-state index in [-0.39, 0.29) is 24.0 Å². The number of hydrogen-bond donors (Lipinski definition) is 1. The van der Waals surface area contributed by atoms with E-state index in [0.717, 1.165) is 17.2 Å². The number of likely N-dealkylation sites (tertiary alicyclic amines) is 1. The maximum absolute atomic E-state index is 12.9. The lowest BCUT2D eigenvalue weighted by Gasteiger charge is -2.21. The molecule has 24 heavy (non-hydrogen) atoms. The van der Waals surface area contributed by atoms with Crippen molar-refractivity contribution in [1.82, 2.24) is 20.0 Å². The molecule has 0 bridgehead atoms. The largest absolute Gasteiger partial charge is 0.380 e. The lowest BCUT2D eigenvalue weighted by molar-refractivity contribution is 0.0674. The Morgan fingerprint density at radius 3 is 2.75 bits per heavy atom. The van der Waals surface area contributed by atoms with Gasteiger partial charge in [0.25, 0.3) is 5.91 Å². The van der Waals surface area contributed by atoms with Gasteiger partial charge in [-0.15, -0.1) is 0 Å². The number of amides is 1. The highest BCUT2D eigenvalue weighted by atomic mass is 16.5. The quantitative estimate of drug-likeness (QED) is 0.930. The van der Waals surface area contributed by atoms with Crippen LogP contribution in [-0.4, -0.2) is 45.7 Å². The average Bonchev–Trinajstić information content (AvgIpc) is 3.25. The summed E-state index contributed by atoms with van der Waals surface area (Å²) in [7, 11) is 1.67. The minimum absolute atomic E-state index is 0.0128.